The van der Waals surface area contributed by atoms with Crippen molar-refractivity contribution < 1.29 is 4.74 Å². The van der Waals surface area contributed by atoms with Crippen LogP contribution in [-0.2, 0) is 5.41 Å². The highest BCUT2D eigenvalue weighted by Crippen LogP contribution is 2.55. The summed E-state index contributed by atoms with van der Waals surface area (Å²) < 4.78 is 5.66. The molecular weight excluding hydrogens is 186 g/mol. The average Bonchev–Trinajstić information content (AvgIpc) is 2.92. The molecule has 1 aliphatic rings. The highest BCUT2D eigenvalue weighted by Gasteiger charge is 2.51. The van der Waals surface area contributed by atoms with Gasteiger partial charge in [-0.05, 0) is 31.9 Å². The lowest BCUT2D eigenvalue weighted by molar-refractivity contribution is 0.333. The molecule has 1 aromatic carbocycles. The second-order valence-electron chi connectivity index (χ2n) is 4.48. The van der Waals surface area contributed by atoms with E-state index in [4.69, 9.17) is 10.5 Å². The van der Waals surface area contributed by atoms with E-state index in [1.165, 1.54) is 12.0 Å². The fraction of sp³-hybridized carbons (Fsp3) is 0.538. The normalized spacial score (nSPS) is 28.9. The van der Waals surface area contributed by atoms with Gasteiger partial charge in [-0.25, -0.2) is 0 Å². The standard InChI is InChI=1S/C13H19NO/c1-3-15-12-7-5-4-6-11(12)13(2)8-10(13)9-14/h4-7,10H,3,8-9,14H2,1-2H3. The molecule has 0 spiro atoms. The summed E-state index contributed by atoms with van der Waals surface area (Å²) in [6, 6.07) is 8.32. The molecule has 0 saturated heterocycles. The van der Waals surface area contributed by atoms with Gasteiger partial charge in [-0.3, -0.25) is 0 Å². The average molecular weight is 205 g/mol. The Kier molecular flexibility index (Phi) is 2.70. The molecule has 82 valence electrons. The summed E-state index contributed by atoms with van der Waals surface area (Å²) >= 11 is 0. The molecular formula is C13H19NO. The topological polar surface area (TPSA) is 35.2 Å². The van der Waals surface area contributed by atoms with Crippen LogP contribution >= 0.6 is 0 Å². The lowest BCUT2D eigenvalue weighted by atomic mass is 9.94. The van der Waals surface area contributed by atoms with Crippen LogP contribution in [-0.4, -0.2) is 13.2 Å². The molecule has 2 rings (SSSR count). The van der Waals surface area contributed by atoms with E-state index >= 15 is 0 Å². The number of hydrogen-bond donors (Lipinski definition) is 1. The quantitative estimate of drug-likeness (QED) is 0.818. The summed E-state index contributed by atoms with van der Waals surface area (Å²) in [6.07, 6.45) is 1.19. The zero-order valence-electron chi connectivity index (χ0n) is 9.49. The molecule has 15 heavy (non-hydrogen) atoms. The van der Waals surface area contributed by atoms with Crippen LogP contribution in [0.25, 0.3) is 0 Å². The summed E-state index contributed by atoms with van der Waals surface area (Å²) in [6.45, 7) is 5.80. The van der Waals surface area contributed by atoms with Crippen molar-refractivity contribution in [1.29, 1.82) is 0 Å². The molecule has 2 nitrogen and oxygen atoms in total. The van der Waals surface area contributed by atoms with Crippen molar-refractivity contribution in [2.45, 2.75) is 25.7 Å². The van der Waals surface area contributed by atoms with Crippen molar-refractivity contribution in [3.63, 3.8) is 0 Å². The van der Waals surface area contributed by atoms with Gasteiger partial charge in [-0.1, -0.05) is 25.1 Å². The Hall–Kier alpha value is -1.02. The summed E-state index contributed by atoms with van der Waals surface area (Å²) in [7, 11) is 0. The van der Waals surface area contributed by atoms with Crippen LogP contribution in [0, 0.1) is 5.92 Å². The van der Waals surface area contributed by atoms with Crippen LogP contribution in [0.5, 0.6) is 5.75 Å². The highest BCUT2D eigenvalue weighted by atomic mass is 16.5. The molecule has 2 atom stereocenters. The summed E-state index contributed by atoms with van der Waals surface area (Å²) in [5.41, 5.74) is 7.30. The van der Waals surface area contributed by atoms with Gasteiger partial charge in [0.2, 0.25) is 0 Å². The maximum absolute atomic E-state index is 5.73. The molecule has 1 saturated carbocycles. The highest BCUT2D eigenvalue weighted by molar-refractivity contribution is 5.43. The monoisotopic (exact) mass is 205 g/mol. The largest absolute Gasteiger partial charge is 0.494 e. The van der Waals surface area contributed by atoms with Crippen LogP contribution in [0.1, 0.15) is 25.8 Å². The third kappa shape index (κ3) is 1.74. The first-order chi connectivity index (χ1) is 7.22. The van der Waals surface area contributed by atoms with Gasteiger partial charge in [0.1, 0.15) is 5.75 Å². The van der Waals surface area contributed by atoms with Crippen LogP contribution in [0.2, 0.25) is 0 Å². The van der Waals surface area contributed by atoms with Crippen LogP contribution in [0.3, 0.4) is 0 Å². The smallest absolute Gasteiger partial charge is 0.123 e. The van der Waals surface area contributed by atoms with Crippen LogP contribution < -0.4 is 10.5 Å². The Bertz CT molecular complexity index is 350. The van der Waals surface area contributed by atoms with E-state index in [9.17, 15) is 0 Å². The lowest BCUT2D eigenvalue weighted by Crippen LogP contribution is -2.13. The molecule has 2 N–H and O–H groups in total. The van der Waals surface area contributed by atoms with E-state index in [1.807, 2.05) is 13.0 Å². The van der Waals surface area contributed by atoms with Crippen molar-refractivity contribution >= 4 is 0 Å². The second kappa shape index (κ2) is 3.86. The lowest BCUT2D eigenvalue weighted by Gasteiger charge is -2.16. The molecule has 2 heteroatoms. The van der Waals surface area contributed by atoms with Gasteiger partial charge < -0.3 is 10.5 Å². The number of hydrogen-bond acceptors (Lipinski definition) is 2. The van der Waals surface area contributed by atoms with Gasteiger partial charge in [0.25, 0.3) is 0 Å². The Labute approximate surface area is 91.4 Å². The molecule has 1 aromatic rings. The maximum atomic E-state index is 5.73. The van der Waals surface area contributed by atoms with Gasteiger partial charge in [-0.15, -0.1) is 0 Å². The van der Waals surface area contributed by atoms with Gasteiger partial charge in [0.05, 0.1) is 6.61 Å². The summed E-state index contributed by atoms with van der Waals surface area (Å²) in [5, 5.41) is 0. The number of benzene rings is 1. The van der Waals surface area contributed by atoms with Gasteiger partial charge in [0, 0.05) is 11.0 Å². The summed E-state index contributed by atoms with van der Waals surface area (Å²) in [4.78, 5) is 0. The molecule has 2 unspecified atom stereocenters. The van der Waals surface area contributed by atoms with Crippen molar-refractivity contribution in [2.75, 3.05) is 13.2 Å². The van der Waals surface area contributed by atoms with Crippen LogP contribution in [0.4, 0.5) is 0 Å². The molecule has 0 amide bonds. The first kappa shape index (κ1) is 10.5. The first-order valence-electron chi connectivity index (χ1n) is 5.64. The van der Waals surface area contributed by atoms with Crippen molar-refractivity contribution in [2.24, 2.45) is 11.7 Å². The summed E-state index contributed by atoms with van der Waals surface area (Å²) in [5.74, 6) is 1.65. The Morgan fingerprint density at radius 3 is 2.80 bits per heavy atom. The van der Waals surface area contributed by atoms with Gasteiger partial charge in [-0.2, -0.15) is 0 Å². The van der Waals surface area contributed by atoms with Gasteiger partial charge >= 0.3 is 0 Å². The number of nitrogens with two attached hydrogens (primary N) is 1. The molecule has 0 aliphatic heterocycles. The third-order valence-corrected chi connectivity index (χ3v) is 3.50. The third-order valence-electron chi connectivity index (χ3n) is 3.50. The molecule has 1 aliphatic carbocycles. The minimum absolute atomic E-state index is 0.251. The first-order valence-corrected chi connectivity index (χ1v) is 5.64. The molecule has 0 bridgehead atoms. The van der Waals surface area contributed by atoms with E-state index in [0.717, 1.165) is 18.9 Å². The van der Waals surface area contributed by atoms with E-state index in [1.54, 1.807) is 0 Å². The molecule has 1 fully saturated rings. The maximum Gasteiger partial charge on any atom is 0.123 e. The minimum atomic E-state index is 0.251. The number of ether oxygens (including phenoxy) is 1. The molecule has 0 heterocycles. The van der Waals surface area contributed by atoms with Crippen molar-refractivity contribution in [1.82, 2.24) is 0 Å². The number of rotatable bonds is 4. The Morgan fingerprint density at radius 2 is 2.20 bits per heavy atom. The Morgan fingerprint density at radius 1 is 1.47 bits per heavy atom. The van der Waals surface area contributed by atoms with Gasteiger partial charge in [0.15, 0.2) is 0 Å². The zero-order valence-corrected chi connectivity index (χ0v) is 9.49. The SMILES string of the molecule is CCOc1ccccc1C1(C)CC1CN. The van der Waals surface area contributed by atoms with E-state index in [0.29, 0.717) is 5.92 Å². The number of para-hydroxylation sites is 1. The fourth-order valence-electron chi connectivity index (χ4n) is 2.35. The fourth-order valence-corrected chi connectivity index (χ4v) is 2.35. The van der Waals surface area contributed by atoms with Crippen molar-refractivity contribution in [3.8, 4) is 5.75 Å². The van der Waals surface area contributed by atoms with E-state index in [2.05, 4.69) is 25.1 Å². The molecule has 0 aromatic heterocycles. The van der Waals surface area contributed by atoms with Crippen molar-refractivity contribution in [3.05, 3.63) is 29.8 Å². The zero-order chi connectivity index (χ0) is 10.9. The van der Waals surface area contributed by atoms with E-state index in [-0.39, 0.29) is 5.41 Å². The molecule has 0 radical (unpaired) electrons. The predicted octanol–water partition coefficient (Wildman–Crippen LogP) is 2.32. The van der Waals surface area contributed by atoms with E-state index < -0.39 is 0 Å². The second-order valence-corrected chi connectivity index (χ2v) is 4.48. The minimum Gasteiger partial charge on any atom is -0.494 e. The van der Waals surface area contributed by atoms with Crippen LogP contribution in [0.15, 0.2) is 24.3 Å². The Balaban J connectivity index is 2.28. The predicted molar refractivity (Wildman–Crippen MR) is 62.1 cm³/mol.